The van der Waals surface area contributed by atoms with Crippen LogP contribution in [0.3, 0.4) is 0 Å². The van der Waals surface area contributed by atoms with Gasteiger partial charge in [-0.05, 0) is 18.9 Å². The van der Waals surface area contributed by atoms with E-state index in [9.17, 15) is 9.36 Å². The summed E-state index contributed by atoms with van der Waals surface area (Å²) < 4.78 is 10.8. The molecule has 0 aliphatic heterocycles. The first kappa shape index (κ1) is 13.9. The van der Waals surface area contributed by atoms with Crippen LogP contribution >= 0.6 is 7.60 Å². The van der Waals surface area contributed by atoms with E-state index >= 15 is 0 Å². The summed E-state index contributed by atoms with van der Waals surface area (Å²) in [6.07, 6.45) is -0.503. The number of carbonyl (C=O) groups is 1. The van der Waals surface area contributed by atoms with Crippen LogP contribution in [0.4, 0.5) is 0 Å². The van der Waals surface area contributed by atoms with Crippen LogP contribution in [0.1, 0.15) is 11.1 Å². The van der Waals surface area contributed by atoms with Crippen molar-refractivity contribution in [3.05, 3.63) is 35.4 Å². The minimum Gasteiger partial charge on any atom is -0.481 e. The zero-order valence-corrected chi connectivity index (χ0v) is 10.3. The lowest BCUT2D eigenvalue weighted by Gasteiger charge is -2.13. The van der Waals surface area contributed by atoms with Crippen LogP contribution < -0.4 is 0 Å². The lowest BCUT2D eigenvalue weighted by molar-refractivity contribution is -0.141. The second-order valence-electron chi connectivity index (χ2n) is 4.07. The molecule has 6 heteroatoms. The Bertz CT molecular complexity index is 434. The highest BCUT2D eigenvalue weighted by atomic mass is 31.2. The van der Waals surface area contributed by atoms with E-state index in [1.807, 2.05) is 19.1 Å². The van der Waals surface area contributed by atoms with Gasteiger partial charge in [-0.1, -0.05) is 29.8 Å². The van der Waals surface area contributed by atoms with Crippen LogP contribution in [0.2, 0.25) is 0 Å². The average molecular weight is 258 g/mol. The monoisotopic (exact) mass is 258 g/mol. The third-order valence-electron chi connectivity index (χ3n) is 2.41. The van der Waals surface area contributed by atoms with Crippen molar-refractivity contribution in [3.8, 4) is 0 Å². The van der Waals surface area contributed by atoms with Gasteiger partial charge in [0.1, 0.15) is 0 Å². The van der Waals surface area contributed by atoms with Gasteiger partial charge in [0.2, 0.25) is 0 Å². The number of rotatable bonds is 5. The summed E-state index contributed by atoms with van der Waals surface area (Å²) in [5.41, 5.74) is 1.81. The molecule has 0 aromatic heterocycles. The molecule has 0 saturated carbocycles. The van der Waals surface area contributed by atoms with Gasteiger partial charge in [0.15, 0.2) is 0 Å². The fraction of sp³-hybridized carbons (Fsp3) is 0.364. The summed E-state index contributed by atoms with van der Waals surface area (Å²) in [6, 6.07) is 7.22. The number of carboxylic acid groups (broad SMARTS) is 1. The van der Waals surface area contributed by atoms with Gasteiger partial charge in [-0.3, -0.25) is 9.36 Å². The maximum Gasteiger partial charge on any atom is 0.326 e. The molecule has 0 spiro atoms. The molecule has 1 unspecified atom stereocenters. The summed E-state index contributed by atoms with van der Waals surface area (Å²) in [6.45, 7) is 1.91. The standard InChI is InChI=1S/C11H15O5P/c1-8-2-4-9(5-3-8)6-10(11(12)13)7-17(14,15)16/h2-5,10H,6-7H2,1H3,(H,12,13)(H2,14,15,16). The molecular weight excluding hydrogens is 243 g/mol. The maximum atomic E-state index is 10.9. The van der Waals surface area contributed by atoms with Gasteiger partial charge in [-0.25, -0.2) is 0 Å². The second-order valence-corrected chi connectivity index (χ2v) is 5.77. The van der Waals surface area contributed by atoms with Crippen LogP contribution in [-0.4, -0.2) is 27.0 Å². The van der Waals surface area contributed by atoms with Gasteiger partial charge >= 0.3 is 13.6 Å². The predicted molar refractivity (Wildman–Crippen MR) is 62.9 cm³/mol. The van der Waals surface area contributed by atoms with Crippen LogP contribution in [0, 0.1) is 12.8 Å². The van der Waals surface area contributed by atoms with Crippen LogP contribution in [-0.2, 0) is 15.8 Å². The number of carboxylic acids is 1. The first-order valence-corrected chi connectivity index (χ1v) is 6.90. The molecule has 0 radical (unpaired) electrons. The SMILES string of the molecule is Cc1ccc(CC(CP(=O)(O)O)C(=O)O)cc1. The molecule has 0 aliphatic rings. The van der Waals surface area contributed by atoms with Crippen molar-refractivity contribution in [2.75, 3.05) is 6.16 Å². The number of aliphatic carboxylic acids is 1. The number of benzene rings is 1. The molecule has 0 heterocycles. The zero-order chi connectivity index (χ0) is 13.1. The Kier molecular flexibility index (Phi) is 4.46. The Morgan fingerprint density at radius 2 is 1.82 bits per heavy atom. The van der Waals surface area contributed by atoms with Crippen LogP contribution in [0.15, 0.2) is 24.3 Å². The molecule has 0 saturated heterocycles. The summed E-state index contributed by atoms with van der Waals surface area (Å²) in [5.74, 6) is -2.24. The Labute approximate surface area is 99.3 Å². The van der Waals surface area contributed by atoms with Crippen molar-refractivity contribution in [1.82, 2.24) is 0 Å². The molecule has 0 amide bonds. The van der Waals surface area contributed by atoms with E-state index < -0.39 is 25.6 Å². The van der Waals surface area contributed by atoms with E-state index in [1.54, 1.807) is 12.1 Å². The number of aryl methyl sites for hydroxylation is 1. The molecule has 0 fully saturated rings. The normalized spacial score (nSPS) is 13.4. The van der Waals surface area contributed by atoms with E-state index in [-0.39, 0.29) is 6.42 Å². The van der Waals surface area contributed by atoms with Gasteiger partial charge in [-0.15, -0.1) is 0 Å². The van der Waals surface area contributed by atoms with Gasteiger partial charge < -0.3 is 14.9 Å². The van der Waals surface area contributed by atoms with Gasteiger partial charge in [-0.2, -0.15) is 0 Å². The van der Waals surface area contributed by atoms with Crippen molar-refractivity contribution in [1.29, 1.82) is 0 Å². The number of hydrogen-bond donors (Lipinski definition) is 3. The summed E-state index contributed by atoms with van der Waals surface area (Å²) in [4.78, 5) is 28.5. The Hall–Kier alpha value is -1.16. The van der Waals surface area contributed by atoms with Gasteiger partial charge in [0.05, 0.1) is 12.1 Å². The van der Waals surface area contributed by atoms with Crippen molar-refractivity contribution in [3.63, 3.8) is 0 Å². The van der Waals surface area contributed by atoms with Crippen molar-refractivity contribution < 1.29 is 24.3 Å². The molecule has 0 bridgehead atoms. The van der Waals surface area contributed by atoms with Crippen molar-refractivity contribution in [2.45, 2.75) is 13.3 Å². The molecule has 17 heavy (non-hydrogen) atoms. The third-order valence-corrected chi connectivity index (χ3v) is 3.33. The lowest BCUT2D eigenvalue weighted by atomic mass is 10.0. The summed E-state index contributed by atoms with van der Waals surface area (Å²) in [5, 5.41) is 8.91. The van der Waals surface area contributed by atoms with Gasteiger partial charge in [0.25, 0.3) is 0 Å². The Morgan fingerprint density at radius 1 is 1.29 bits per heavy atom. The highest BCUT2D eigenvalue weighted by Crippen LogP contribution is 2.37. The Balaban J connectivity index is 2.77. The summed E-state index contributed by atoms with van der Waals surface area (Å²) in [7, 11) is -4.30. The molecule has 1 aromatic rings. The first-order valence-electron chi connectivity index (χ1n) is 5.11. The van der Waals surface area contributed by atoms with E-state index in [4.69, 9.17) is 14.9 Å². The van der Waals surface area contributed by atoms with Crippen molar-refractivity contribution in [2.24, 2.45) is 5.92 Å². The molecule has 0 aliphatic carbocycles. The second kappa shape index (κ2) is 5.45. The molecule has 5 nitrogen and oxygen atoms in total. The maximum absolute atomic E-state index is 10.9. The highest BCUT2D eigenvalue weighted by Gasteiger charge is 2.27. The van der Waals surface area contributed by atoms with Crippen LogP contribution in [0.25, 0.3) is 0 Å². The minimum atomic E-state index is -4.30. The predicted octanol–water partition coefficient (Wildman–Crippen LogP) is 1.42. The molecule has 94 valence electrons. The average Bonchev–Trinajstić information content (AvgIpc) is 2.18. The molecule has 1 aromatic carbocycles. The topological polar surface area (TPSA) is 94.8 Å². The molecular formula is C11H15O5P. The molecule has 3 N–H and O–H groups in total. The van der Waals surface area contributed by atoms with Crippen molar-refractivity contribution >= 4 is 13.6 Å². The highest BCUT2D eigenvalue weighted by molar-refractivity contribution is 7.51. The summed E-state index contributed by atoms with van der Waals surface area (Å²) >= 11 is 0. The van der Waals surface area contributed by atoms with E-state index in [0.29, 0.717) is 0 Å². The molecule has 1 atom stereocenters. The Morgan fingerprint density at radius 3 is 2.24 bits per heavy atom. The van der Waals surface area contributed by atoms with Gasteiger partial charge in [0, 0.05) is 0 Å². The molecule has 1 rings (SSSR count). The van der Waals surface area contributed by atoms with E-state index in [2.05, 4.69) is 0 Å². The number of hydrogen-bond acceptors (Lipinski definition) is 2. The minimum absolute atomic E-state index is 0.126. The lowest BCUT2D eigenvalue weighted by Crippen LogP contribution is -2.20. The van der Waals surface area contributed by atoms with E-state index in [0.717, 1.165) is 11.1 Å². The fourth-order valence-corrected chi connectivity index (χ4v) is 2.39. The van der Waals surface area contributed by atoms with E-state index in [1.165, 1.54) is 0 Å². The quantitative estimate of drug-likeness (QED) is 0.694. The zero-order valence-electron chi connectivity index (χ0n) is 9.41. The largest absolute Gasteiger partial charge is 0.481 e. The van der Waals surface area contributed by atoms with Crippen LogP contribution in [0.5, 0.6) is 0 Å². The third kappa shape index (κ3) is 5.13. The first-order chi connectivity index (χ1) is 7.78. The fourth-order valence-electron chi connectivity index (χ4n) is 1.53. The smallest absolute Gasteiger partial charge is 0.326 e.